The van der Waals surface area contributed by atoms with Gasteiger partial charge in [-0.2, -0.15) is 5.26 Å². The smallest absolute Gasteiger partial charge is 0.238 e. The highest BCUT2D eigenvalue weighted by Crippen LogP contribution is 2.14. The van der Waals surface area contributed by atoms with E-state index in [4.69, 9.17) is 11.0 Å². The molecule has 0 aliphatic carbocycles. The maximum atomic E-state index is 11.8. The lowest BCUT2D eigenvalue weighted by Crippen LogP contribution is -2.33. The quantitative estimate of drug-likeness (QED) is 0.812. The number of benzene rings is 1. The molecule has 2 rings (SSSR count). The van der Waals surface area contributed by atoms with Gasteiger partial charge in [0.25, 0.3) is 0 Å². The number of nitrogens with zero attached hydrogens (tertiary/aromatic N) is 2. The monoisotopic (exact) mass is 244 g/mol. The Morgan fingerprint density at radius 3 is 3.00 bits per heavy atom. The SMILES string of the molecule is N#Cc1ccccc1NC(=O)CN1CC[C@H](N)C1. The molecule has 0 bridgehead atoms. The van der Waals surface area contributed by atoms with Gasteiger partial charge in [-0.15, -0.1) is 0 Å². The van der Waals surface area contributed by atoms with E-state index in [0.29, 0.717) is 17.8 Å². The van der Waals surface area contributed by atoms with Gasteiger partial charge in [-0.05, 0) is 18.6 Å². The Kier molecular flexibility index (Phi) is 3.92. The molecule has 0 saturated carbocycles. The molecular weight excluding hydrogens is 228 g/mol. The summed E-state index contributed by atoms with van der Waals surface area (Å²) >= 11 is 0. The largest absolute Gasteiger partial charge is 0.326 e. The highest BCUT2D eigenvalue weighted by Gasteiger charge is 2.21. The zero-order chi connectivity index (χ0) is 13.0. The summed E-state index contributed by atoms with van der Waals surface area (Å²) in [6, 6.07) is 9.20. The van der Waals surface area contributed by atoms with Gasteiger partial charge in [0.05, 0.1) is 17.8 Å². The third-order valence-corrected chi connectivity index (χ3v) is 3.00. The van der Waals surface area contributed by atoms with Crippen LogP contribution in [0.1, 0.15) is 12.0 Å². The molecular formula is C13H16N4O. The Hall–Kier alpha value is -1.90. The zero-order valence-electron chi connectivity index (χ0n) is 10.1. The van der Waals surface area contributed by atoms with E-state index in [1.807, 2.05) is 4.90 Å². The minimum Gasteiger partial charge on any atom is -0.326 e. The van der Waals surface area contributed by atoms with E-state index in [-0.39, 0.29) is 11.9 Å². The zero-order valence-corrected chi connectivity index (χ0v) is 10.1. The van der Waals surface area contributed by atoms with Gasteiger partial charge in [0.2, 0.25) is 5.91 Å². The van der Waals surface area contributed by atoms with E-state index < -0.39 is 0 Å². The first-order valence-electron chi connectivity index (χ1n) is 5.96. The van der Waals surface area contributed by atoms with Crippen molar-refractivity contribution in [2.24, 2.45) is 5.73 Å². The van der Waals surface area contributed by atoms with Crippen LogP contribution in [-0.4, -0.2) is 36.5 Å². The molecule has 0 aromatic heterocycles. The predicted molar refractivity (Wildman–Crippen MR) is 68.8 cm³/mol. The second-order valence-corrected chi connectivity index (χ2v) is 4.49. The Morgan fingerprint density at radius 2 is 2.33 bits per heavy atom. The molecule has 18 heavy (non-hydrogen) atoms. The second-order valence-electron chi connectivity index (χ2n) is 4.49. The Balaban J connectivity index is 1.93. The third kappa shape index (κ3) is 3.06. The molecule has 1 fully saturated rings. The summed E-state index contributed by atoms with van der Waals surface area (Å²) in [5.74, 6) is -0.105. The van der Waals surface area contributed by atoms with Crippen molar-refractivity contribution in [2.75, 3.05) is 25.0 Å². The van der Waals surface area contributed by atoms with Crippen molar-refractivity contribution in [3.05, 3.63) is 29.8 Å². The number of carbonyl (C=O) groups is 1. The first-order valence-corrected chi connectivity index (χ1v) is 5.96. The van der Waals surface area contributed by atoms with Crippen LogP contribution >= 0.6 is 0 Å². The van der Waals surface area contributed by atoms with Crippen molar-refractivity contribution in [3.8, 4) is 6.07 Å². The number of carbonyl (C=O) groups excluding carboxylic acids is 1. The van der Waals surface area contributed by atoms with E-state index in [1.54, 1.807) is 24.3 Å². The van der Waals surface area contributed by atoms with E-state index in [2.05, 4.69) is 11.4 Å². The average Bonchev–Trinajstić information content (AvgIpc) is 2.75. The van der Waals surface area contributed by atoms with Crippen molar-refractivity contribution >= 4 is 11.6 Å². The van der Waals surface area contributed by atoms with Crippen LogP contribution in [0.4, 0.5) is 5.69 Å². The molecule has 1 atom stereocenters. The van der Waals surface area contributed by atoms with Crippen LogP contribution in [0, 0.1) is 11.3 Å². The molecule has 1 aromatic rings. The Morgan fingerprint density at radius 1 is 1.56 bits per heavy atom. The lowest BCUT2D eigenvalue weighted by atomic mass is 10.2. The van der Waals surface area contributed by atoms with Crippen molar-refractivity contribution < 1.29 is 4.79 Å². The average molecular weight is 244 g/mol. The summed E-state index contributed by atoms with van der Waals surface area (Å²) in [5.41, 5.74) is 6.82. The van der Waals surface area contributed by atoms with Crippen molar-refractivity contribution in [1.29, 1.82) is 5.26 Å². The van der Waals surface area contributed by atoms with Crippen LogP contribution in [0.2, 0.25) is 0 Å². The molecule has 1 saturated heterocycles. The molecule has 94 valence electrons. The maximum absolute atomic E-state index is 11.8. The van der Waals surface area contributed by atoms with E-state index in [1.165, 1.54) is 0 Å². The minimum atomic E-state index is -0.105. The van der Waals surface area contributed by atoms with Crippen LogP contribution in [0.15, 0.2) is 24.3 Å². The maximum Gasteiger partial charge on any atom is 0.238 e. The van der Waals surface area contributed by atoms with Gasteiger partial charge in [0.1, 0.15) is 6.07 Å². The van der Waals surface area contributed by atoms with E-state index in [9.17, 15) is 4.79 Å². The Labute approximate surface area is 106 Å². The fourth-order valence-electron chi connectivity index (χ4n) is 2.09. The second kappa shape index (κ2) is 5.63. The topological polar surface area (TPSA) is 82.2 Å². The molecule has 1 heterocycles. The number of amides is 1. The molecule has 1 aliphatic rings. The summed E-state index contributed by atoms with van der Waals surface area (Å²) in [5, 5.41) is 11.7. The highest BCUT2D eigenvalue weighted by molar-refractivity contribution is 5.93. The first kappa shape index (κ1) is 12.6. The molecule has 0 radical (unpaired) electrons. The number of anilines is 1. The molecule has 1 amide bonds. The molecule has 3 N–H and O–H groups in total. The van der Waals surface area contributed by atoms with Crippen molar-refractivity contribution in [3.63, 3.8) is 0 Å². The van der Waals surface area contributed by atoms with Crippen LogP contribution < -0.4 is 11.1 Å². The van der Waals surface area contributed by atoms with Crippen LogP contribution in [0.5, 0.6) is 0 Å². The number of nitrogens with one attached hydrogen (secondary N) is 1. The van der Waals surface area contributed by atoms with Gasteiger partial charge < -0.3 is 11.1 Å². The number of nitrogens with two attached hydrogens (primary N) is 1. The summed E-state index contributed by atoms with van der Waals surface area (Å²) in [7, 11) is 0. The van der Waals surface area contributed by atoms with Gasteiger partial charge in [-0.1, -0.05) is 12.1 Å². The number of rotatable bonds is 3. The van der Waals surface area contributed by atoms with E-state index >= 15 is 0 Å². The minimum absolute atomic E-state index is 0.105. The number of hydrogen-bond donors (Lipinski definition) is 2. The fraction of sp³-hybridized carbons (Fsp3) is 0.385. The lowest BCUT2D eigenvalue weighted by Gasteiger charge is -2.15. The summed E-state index contributed by atoms with van der Waals surface area (Å²) in [6.45, 7) is 1.94. The lowest BCUT2D eigenvalue weighted by molar-refractivity contribution is -0.117. The van der Waals surface area contributed by atoms with Crippen LogP contribution in [0.3, 0.4) is 0 Å². The van der Waals surface area contributed by atoms with Gasteiger partial charge in [-0.25, -0.2) is 0 Å². The van der Waals surface area contributed by atoms with Gasteiger partial charge in [0.15, 0.2) is 0 Å². The van der Waals surface area contributed by atoms with Gasteiger partial charge >= 0.3 is 0 Å². The normalized spacial score (nSPS) is 19.4. The summed E-state index contributed by atoms with van der Waals surface area (Å²) in [4.78, 5) is 13.9. The summed E-state index contributed by atoms with van der Waals surface area (Å²) in [6.07, 6.45) is 0.933. The Bertz CT molecular complexity index is 480. The molecule has 1 aliphatic heterocycles. The van der Waals surface area contributed by atoms with Crippen molar-refractivity contribution in [2.45, 2.75) is 12.5 Å². The van der Waals surface area contributed by atoms with Gasteiger partial charge in [-0.3, -0.25) is 9.69 Å². The molecule has 1 aromatic carbocycles. The standard InChI is InChI=1S/C13H16N4O/c14-7-10-3-1-2-4-12(10)16-13(18)9-17-6-5-11(15)8-17/h1-4,11H,5-6,8-9,15H2,(H,16,18)/t11-/m0/s1. The van der Waals surface area contributed by atoms with E-state index in [0.717, 1.165) is 19.5 Å². The van der Waals surface area contributed by atoms with Crippen LogP contribution in [0.25, 0.3) is 0 Å². The summed E-state index contributed by atoms with van der Waals surface area (Å²) < 4.78 is 0. The molecule has 0 spiro atoms. The van der Waals surface area contributed by atoms with Crippen LogP contribution in [-0.2, 0) is 4.79 Å². The third-order valence-electron chi connectivity index (χ3n) is 3.00. The van der Waals surface area contributed by atoms with Crippen molar-refractivity contribution in [1.82, 2.24) is 4.90 Å². The number of nitriles is 1. The number of likely N-dealkylation sites (tertiary alicyclic amines) is 1. The fourth-order valence-corrected chi connectivity index (χ4v) is 2.09. The first-order chi connectivity index (χ1) is 8.69. The highest BCUT2D eigenvalue weighted by atomic mass is 16.2. The molecule has 5 nitrogen and oxygen atoms in total. The number of hydrogen-bond acceptors (Lipinski definition) is 4. The van der Waals surface area contributed by atoms with Gasteiger partial charge in [0, 0.05) is 19.1 Å². The molecule has 0 unspecified atom stereocenters. The number of para-hydroxylation sites is 1. The molecule has 5 heteroatoms. The predicted octanol–water partition coefficient (Wildman–Crippen LogP) is 0.530.